The van der Waals surface area contributed by atoms with Crippen LogP contribution in [-0.4, -0.2) is 89.8 Å². The van der Waals surface area contributed by atoms with Crippen LogP contribution in [0.4, 0.5) is 0 Å². The van der Waals surface area contributed by atoms with Gasteiger partial charge in [0.15, 0.2) is 11.5 Å². The van der Waals surface area contributed by atoms with Gasteiger partial charge in [0.2, 0.25) is 5.75 Å². The zero-order valence-corrected chi connectivity index (χ0v) is 30.7. The van der Waals surface area contributed by atoms with Crippen LogP contribution in [0.5, 0.6) is 23.0 Å². The summed E-state index contributed by atoms with van der Waals surface area (Å²) in [4.78, 5) is 34.2. The van der Waals surface area contributed by atoms with Crippen LogP contribution in [0.1, 0.15) is 40.5 Å². The monoisotopic (exact) mass is 718 g/mol. The number of rotatable bonds is 8. The standard InChI is InChI=1S/C33H40N2O9.C6H6S/c1-38-19-7-8-20-21-9-10-35-16-18-13-27(44-32(36)17-11-25(39-2)30(41-4)26(12-17)40-3)31(42-5)28(33(37)43-6)22(18)15-24(35)29(21)34-23(20)14-19;7-6-4-2-1-3-5-6/h7-8,11-12,14,18,22,24,27-28,31,34H,9-10,13,15-16H2,1-6H3;1-5,7H/t18-,22+,24-,27-,28+,31+;/m1./s1. The molecule has 0 unspecified atom stereocenters. The van der Waals surface area contributed by atoms with Crippen molar-refractivity contribution in [1.82, 2.24) is 9.88 Å². The fourth-order valence-electron chi connectivity index (χ4n) is 8.19. The van der Waals surface area contributed by atoms with Crippen molar-refractivity contribution < 1.29 is 42.7 Å². The largest absolute Gasteiger partial charge is 0.497 e. The fourth-order valence-corrected chi connectivity index (χ4v) is 8.36. The van der Waals surface area contributed by atoms with Crippen molar-refractivity contribution in [3.05, 3.63) is 77.5 Å². The maximum absolute atomic E-state index is 13.5. The zero-order chi connectivity index (χ0) is 36.2. The Hall–Kier alpha value is -4.39. The first-order valence-electron chi connectivity index (χ1n) is 17.0. The minimum Gasteiger partial charge on any atom is -0.497 e. The molecule has 2 fully saturated rings. The first-order valence-corrected chi connectivity index (χ1v) is 17.5. The van der Waals surface area contributed by atoms with Crippen LogP contribution in [0.25, 0.3) is 10.9 Å². The van der Waals surface area contributed by atoms with Gasteiger partial charge in [0.1, 0.15) is 18.0 Å². The molecule has 1 aromatic heterocycles. The molecule has 0 bridgehead atoms. The second kappa shape index (κ2) is 15.9. The topological polar surface area (TPSA) is 118 Å². The number of ether oxygens (including phenoxy) is 7. The van der Waals surface area contributed by atoms with Crippen LogP contribution in [0.3, 0.4) is 0 Å². The van der Waals surface area contributed by atoms with Gasteiger partial charge < -0.3 is 38.1 Å². The van der Waals surface area contributed by atoms with Crippen molar-refractivity contribution in [2.24, 2.45) is 17.8 Å². The smallest absolute Gasteiger partial charge is 0.338 e. The van der Waals surface area contributed by atoms with Gasteiger partial charge in [-0.1, -0.05) is 18.2 Å². The van der Waals surface area contributed by atoms with Crippen LogP contribution in [0.2, 0.25) is 0 Å². The molecule has 4 aromatic rings. The molecule has 1 aliphatic carbocycles. The number of methoxy groups -OCH3 is 6. The number of thiol groups is 1. The van der Waals surface area contributed by atoms with Gasteiger partial charge in [0, 0.05) is 47.8 Å². The molecule has 0 spiro atoms. The van der Waals surface area contributed by atoms with E-state index in [9.17, 15) is 9.59 Å². The molecule has 1 saturated carbocycles. The number of nitrogens with zero attached hydrogens (tertiary/aromatic N) is 1. The summed E-state index contributed by atoms with van der Waals surface area (Å²) in [7, 11) is 9.10. The van der Waals surface area contributed by atoms with Crippen molar-refractivity contribution in [3.8, 4) is 23.0 Å². The lowest BCUT2D eigenvalue weighted by molar-refractivity contribution is -0.176. The Bertz CT molecular complexity index is 1820. The van der Waals surface area contributed by atoms with Crippen molar-refractivity contribution >= 4 is 35.5 Å². The highest BCUT2D eigenvalue weighted by Crippen LogP contribution is 2.51. The van der Waals surface area contributed by atoms with Gasteiger partial charge in [-0.2, -0.15) is 0 Å². The van der Waals surface area contributed by atoms with Crippen LogP contribution >= 0.6 is 12.6 Å². The average Bonchev–Trinajstić information content (AvgIpc) is 3.54. The third-order valence-corrected chi connectivity index (χ3v) is 10.8. The van der Waals surface area contributed by atoms with E-state index in [2.05, 4.69) is 28.6 Å². The number of carbonyl (C=O) groups is 2. The van der Waals surface area contributed by atoms with Gasteiger partial charge in [-0.05, 0) is 73.1 Å². The van der Waals surface area contributed by atoms with E-state index in [1.54, 1.807) is 26.4 Å². The van der Waals surface area contributed by atoms with E-state index in [0.717, 1.165) is 42.1 Å². The molecule has 3 aliphatic rings. The Morgan fingerprint density at radius 1 is 0.863 bits per heavy atom. The highest BCUT2D eigenvalue weighted by Gasteiger charge is 2.54. The summed E-state index contributed by atoms with van der Waals surface area (Å²) in [6, 6.07) is 19.2. The predicted octanol–water partition coefficient (Wildman–Crippen LogP) is 6.15. The third-order valence-electron chi connectivity index (χ3n) is 10.5. The predicted molar refractivity (Wildman–Crippen MR) is 194 cm³/mol. The van der Waals surface area contributed by atoms with Crippen LogP contribution in [0, 0.1) is 17.8 Å². The molecule has 1 saturated heterocycles. The quantitative estimate of drug-likeness (QED) is 0.162. The number of H-pyrrole nitrogens is 1. The molecule has 3 heterocycles. The number of carbonyl (C=O) groups excluding carboxylic acids is 2. The molecule has 272 valence electrons. The molecule has 6 atom stereocenters. The van der Waals surface area contributed by atoms with E-state index in [1.165, 1.54) is 45.1 Å². The lowest BCUT2D eigenvalue weighted by Crippen LogP contribution is -2.58. The number of piperidine rings is 1. The van der Waals surface area contributed by atoms with Crippen LogP contribution < -0.4 is 18.9 Å². The molecular formula is C39H46N2O9S. The maximum atomic E-state index is 13.5. The minimum atomic E-state index is -0.670. The Morgan fingerprint density at radius 3 is 2.18 bits per heavy atom. The van der Waals surface area contributed by atoms with E-state index in [-0.39, 0.29) is 29.4 Å². The Kier molecular flexibility index (Phi) is 11.3. The number of hydrogen-bond acceptors (Lipinski definition) is 11. The Labute approximate surface area is 303 Å². The third kappa shape index (κ3) is 7.22. The molecule has 0 amide bonds. The van der Waals surface area contributed by atoms with Gasteiger partial charge in [-0.15, -0.1) is 12.6 Å². The summed E-state index contributed by atoms with van der Waals surface area (Å²) < 4.78 is 39.1. The number of fused-ring (bicyclic) bond motifs is 6. The van der Waals surface area contributed by atoms with Crippen molar-refractivity contribution in [2.45, 2.75) is 42.4 Å². The summed E-state index contributed by atoms with van der Waals surface area (Å²) >= 11 is 4.08. The maximum Gasteiger partial charge on any atom is 0.338 e. The molecule has 12 heteroatoms. The lowest BCUT2D eigenvalue weighted by Gasteiger charge is -2.52. The van der Waals surface area contributed by atoms with Gasteiger partial charge >= 0.3 is 11.9 Å². The Morgan fingerprint density at radius 2 is 1.59 bits per heavy atom. The van der Waals surface area contributed by atoms with E-state index >= 15 is 0 Å². The van der Waals surface area contributed by atoms with E-state index in [0.29, 0.717) is 23.7 Å². The molecule has 7 rings (SSSR count). The summed E-state index contributed by atoms with van der Waals surface area (Å²) in [6.45, 7) is 1.68. The van der Waals surface area contributed by atoms with Gasteiger partial charge in [-0.25, -0.2) is 4.79 Å². The molecular weight excluding hydrogens is 673 g/mol. The highest BCUT2D eigenvalue weighted by molar-refractivity contribution is 7.80. The molecule has 51 heavy (non-hydrogen) atoms. The summed E-state index contributed by atoms with van der Waals surface area (Å²) in [5, 5.41) is 1.21. The molecule has 3 aromatic carbocycles. The van der Waals surface area contributed by atoms with Crippen molar-refractivity contribution in [1.29, 1.82) is 0 Å². The zero-order valence-electron chi connectivity index (χ0n) is 29.8. The van der Waals surface area contributed by atoms with E-state index < -0.39 is 24.1 Å². The average molecular weight is 719 g/mol. The number of aromatic nitrogens is 1. The first-order chi connectivity index (χ1) is 24.7. The molecule has 2 aliphatic heterocycles. The number of hydrogen-bond donors (Lipinski definition) is 2. The van der Waals surface area contributed by atoms with Crippen molar-refractivity contribution in [3.63, 3.8) is 0 Å². The van der Waals surface area contributed by atoms with Gasteiger partial charge in [-0.3, -0.25) is 9.69 Å². The fraction of sp³-hybridized carbons (Fsp3) is 0.436. The molecule has 0 radical (unpaired) electrons. The normalized spacial score (nSPS) is 23.7. The lowest BCUT2D eigenvalue weighted by atomic mass is 9.63. The SMILES string of the molecule is COC(=O)[C@H]1[C@H]2C[C@@H]3c4[nH]c5cc(OC)ccc5c4CCN3C[C@H]2C[C@@H](OC(=O)c2cc(OC)c(OC)c(OC)c2)[C@@H]1OC.Sc1ccccc1. The summed E-state index contributed by atoms with van der Waals surface area (Å²) in [6.07, 6.45) is 0.920. The second-order valence-electron chi connectivity index (χ2n) is 13.0. The van der Waals surface area contributed by atoms with Crippen LogP contribution in [0.15, 0.2) is 65.6 Å². The Balaban J connectivity index is 0.000000573. The number of benzene rings is 3. The summed E-state index contributed by atoms with van der Waals surface area (Å²) in [5.74, 6) is 0.441. The van der Waals surface area contributed by atoms with Gasteiger partial charge in [0.05, 0.1) is 53.1 Å². The minimum absolute atomic E-state index is 0.0170. The number of aromatic amines is 1. The van der Waals surface area contributed by atoms with Gasteiger partial charge in [0.25, 0.3) is 0 Å². The highest BCUT2D eigenvalue weighted by atomic mass is 32.1. The summed E-state index contributed by atoms with van der Waals surface area (Å²) in [5.41, 5.74) is 3.83. The second-order valence-corrected chi connectivity index (χ2v) is 13.5. The molecule has 11 nitrogen and oxygen atoms in total. The number of nitrogens with one attached hydrogen (secondary N) is 1. The first kappa shape index (κ1) is 36.4. The molecule has 1 N–H and O–H groups in total. The number of esters is 2. The van der Waals surface area contributed by atoms with Crippen molar-refractivity contribution in [2.75, 3.05) is 55.7 Å². The van der Waals surface area contributed by atoms with Crippen LogP contribution in [-0.2, 0) is 25.4 Å². The van der Waals surface area contributed by atoms with E-state index in [1.807, 2.05) is 42.5 Å². The van der Waals surface area contributed by atoms with E-state index in [4.69, 9.17) is 33.2 Å².